The number of carbonyl (C=O) groups excluding carboxylic acids is 3. The van der Waals surface area contributed by atoms with Gasteiger partial charge in [-0.3, -0.25) is 9.59 Å². The predicted octanol–water partition coefficient (Wildman–Crippen LogP) is -0.826. The first-order valence-corrected chi connectivity index (χ1v) is 4.60. The van der Waals surface area contributed by atoms with E-state index in [0.29, 0.717) is 19.1 Å². The van der Waals surface area contributed by atoms with Crippen LogP contribution in [0.1, 0.15) is 25.7 Å². The number of Topliss-reactive ketones (excluding diaryl/α,β-unsaturated/α-hetero) is 1. The number of carbonyl (C=O) groups is 3. The molecule has 1 amide bonds. The SMILES string of the molecule is O=CCC(=O)C(=O)NC1CCCC1O. The molecule has 1 aliphatic rings. The highest BCUT2D eigenvalue weighted by Crippen LogP contribution is 2.18. The van der Waals surface area contributed by atoms with Gasteiger partial charge in [-0.25, -0.2) is 0 Å². The predicted molar refractivity (Wildman–Crippen MR) is 47.5 cm³/mol. The second-order valence-electron chi connectivity index (χ2n) is 3.37. The van der Waals surface area contributed by atoms with Crippen LogP contribution >= 0.6 is 0 Å². The zero-order valence-electron chi connectivity index (χ0n) is 7.73. The molecule has 0 spiro atoms. The molecule has 0 radical (unpaired) electrons. The van der Waals surface area contributed by atoms with Crippen molar-refractivity contribution < 1.29 is 19.5 Å². The Morgan fingerprint density at radius 2 is 2.14 bits per heavy atom. The summed E-state index contributed by atoms with van der Waals surface area (Å²) in [5.74, 6) is -1.53. The van der Waals surface area contributed by atoms with Crippen molar-refractivity contribution in [2.24, 2.45) is 0 Å². The van der Waals surface area contributed by atoms with E-state index in [1.54, 1.807) is 0 Å². The molecule has 0 heterocycles. The molecular formula is C9H13NO4. The fourth-order valence-electron chi connectivity index (χ4n) is 1.53. The Morgan fingerprint density at radius 1 is 1.43 bits per heavy atom. The largest absolute Gasteiger partial charge is 0.391 e. The van der Waals surface area contributed by atoms with Crippen LogP contribution in [0.25, 0.3) is 0 Å². The summed E-state index contributed by atoms with van der Waals surface area (Å²) in [5, 5.41) is 11.8. The highest BCUT2D eigenvalue weighted by molar-refractivity contribution is 6.38. The number of aldehydes is 1. The lowest BCUT2D eigenvalue weighted by Crippen LogP contribution is -2.43. The summed E-state index contributed by atoms with van der Waals surface area (Å²) in [7, 11) is 0. The van der Waals surface area contributed by atoms with E-state index in [1.165, 1.54) is 0 Å². The topological polar surface area (TPSA) is 83.5 Å². The third-order valence-corrected chi connectivity index (χ3v) is 2.32. The Kier molecular flexibility index (Phi) is 3.76. The molecule has 0 aromatic heterocycles. The molecule has 2 atom stereocenters. The second-order valence-corrected chi connectivity index (χ2v) is 3.37. The summed E-state index contributed by atoms with van der Waals surface area (Å²) >= 11 is 0. The third-order valence-electron chi connectivity index (χ3n) is 2.32. The van der Waals surface area contributed by atoms with E-state index in [9.17, 15) is 19.5 Å². The number of aliphatic hydroxyl groups excluding tert-OH is 1. The minimum absolute atomic E-state index is 0.335. The van der Waals surface area contributed by atoms with E-state index >= 15 is 0 Å². The van der Waals surface area contributed by atoms with Crippen LogP contribution in [-0.2, 0) is 14.4 Å². The van der Waals surface area contributed by atoms with E-state index in [0.717, 1.165) is 6.42 Å². The Morgan fingerprint density at radius 3 is 2.64 bits per heavy atom. The fourth-order valence-corrected chi connectivity index (χ4v) is 1.53. The number of nitrogens with one attached hydrogen (secondary N) is 1. The Hall–Kier alpha value is -1.23. The van der Waals surface area contributed by atoms with Crippen molar-refractivity contribution in [2.75, 3.05) is 0 Å². The van der Waals surface area contributed by atoms with Gasteiger partial charge in [0.2, 0.25) is 5.78 Å². The van der Waals surface area contributed by atoms with Crippen molar-refractivity contribution in [3.05, 3.63) is 0 Å². The first-order chi connectivity index (χ1) is 6.65. The maximum atomic E-state index is 11.1. The molecule has 1 aliphatic carbocycles. The quantitative estimate of drug-likeness (QED) is 0.352. The van der Waals surface area contributed by atoms with Gasteiger partial charge < -0.3 is 15.2 Å². The number of hydrogen-bond acceptors (Lipinski definition) is 4. The molecule has 0 aliphatic heterocycles. The van der Waals surface area contributed by atoms with Gasteiger partial charge in [-0.2, -0.15) is 0 Å². The first-order valence-electron chi connectivity index (χ1n) is 4.60. The molecule has 1 fully saturated rings. The van der Waals surface area contributed by atoms with Crippen molar-refractivity contribution in [1.82, 2.24) is 5.32 Å². The van der Waals surface area contributed by atoms with E-state index in [1.807, 2.05) is 0 Å². The maximum Gasteiger partial charge on any atom is 0.288 e. The number of amides is 1. The van der Waals surface area contributed by atoms with Gasteiger partial charge >= 0.3 is 0 Å². The van der Waals surface area contributed by atoms with Crippen LogP contribution in [0, 0.1) is 0 Å². The summed E-state index contributed by atoms with van der Waals surface area (Å²) in [6.07, 6.45) is 1.60. The standard InChI is InChI=1S/C9H13NO4/c11-5-4-8(13)9(14)10-6-2-1-3-7(6)12/h5-7,12H,1-4H2,(H,10,14). The van der Waals surface area contributed by atoms with Gasteiger partial charge in [-0.1, -0.05) is 0 Å². The van der Waals surface area contributed by atoms with Crippen molar-refractivity contribution >= 4 is 18.0 Å². The van der Waals surface area contributed by atoms with Crippen LogP contribution in [-0.4, -0.2) is 35.2 Å². The van der Waals surface area contributed by atoms with Gasteiger partial charge in [0.25, 0.3) is 5.91 Å². The van der Waals surface area contributed by atoms with Crippen LogP contribution in [0.3, 0.4) is 0 Å². The minimum Gasteiger partial charge on any atom is -0.391 e. The van der Waals surface area contributed by atoms with Gasteiger partial charge in [0.1, 0.15) is 6.29 Å². The highest BCUT2D eigenvalue weighted by Gasteiger charge is 2.28. The molecule has 0 bridgehead atoms. The molecule has 1 saturated carbocycles. The van der Waals surface area contributed by atoms with E-state index in [4.69, 9.17) is 0 Å². The smallest absolute Gasteiger partial charge is 0.288 e. The molecule has 78 valence electrons. The number of hydrogen-bond donors (Lipinski definition) is 2. The van der Waals surface area contributed by atoms with E-state index < -0.39 is 24.2 Å². The zero-order valence-corrected chi connectivity index (χ0v) is 7.73. The maximum absolute atomic E-state index is 11.1. The molecule has 5 heteroatoms. The lowest BCUT2D eigenvalue weighted by atomic mass is 10.2. The lowest BCUT2D eigenvalue weighted by Gasteiger charge is -2.15. The Bertz CT molecular complexity index is 251. The van der Waals surface area contributed by atoms with Crippen LogP contribution in [0.2, 0.25) is 0 Å². The van der Waals surface area contributed by atoms with Crippen LogP contribution in [0.5, 0.6) is 0 Å². The number of rotatable bonds is 4. The molecule has 5 nitrogen and oxygen atoms in total. The Balaban J connectivity index is 2.39. The molecular weight excluding hydrogens is 186 g/mol. The van der Waals surface area contributed by atoms with Crippen molar-refractivity contribution in [3.63, 3.8) is 0 Å². The molecule has 0 aromatic carbocycles. The first kappa shape index (κ1) is 10.8. The van der Waals surface area contributed by atoms with Gasteiger partial charge in [-0.05, 0) is 19.3 Å². The van der Waals surface area contributed by atoms with Gasteiger partial charge in [0.15, 0.2) is 0 Å². The number of aliphatic hydroxyl groups is 1. The second kappa shape index (κ2) is 4.85. The Labute approximate surface area is 81.5 Å². The summed E-state index contributed by atoms with van der Waals surface area (Å²) < 4.78 is 0. The van der Waals surface area contributed by atoms with E-state index in [-0.39, 0.29) is 6.04 Å². The molecule has 2 N–H and O–H groups in total. The van der Waals surface area contributed by atoms with Crippen LogP contribution in [0.4, 0.5) is 0 Å². The van der Waals surface area contributed by atoms with Gasteiger partial charge in [0, 0.05) is 0 Å². The zero-order chi connectivity index (χ0) is 10.6. The fraction of sp³-hybridized carbons (Fsp3) is 0.667. The number of ketones is 1. The molecule has 0 saturated heterocycles. The van der Waals surface area contributed by atoms with Crippen molar-refractivity contribution in [1.29, 1.82) is 0 Å². The highest BCUT2D eigenvalue weighted by atomic mass is 16.3. The lowest BCUT2D eigenvalue weighted by molar-refractivity contribution is -0.139. The molecule has 1 rings (SSSR count). The van der Waals surface area contributed by atoms with Gasteiger partial charge in [-0.15, -0.1) is 0 Å². The summed E-state index contributed by atoms with van der Waals surface area (Å²) in [4.78, 5) is 32.0. The molecule has 14 heavy (non-hydrogen) atoms. The van der Waals surface area contributed by atoms with Crippen LogP contribution < -0.4 is 5.32 Å². The van der Waals surface area contributed by atoms with E-state index in [2.05, 4.69) is 5.32 Å². The van der Waals surface area contributed by atoms with Gasteiger partial charge in [0.05, 0.1) is 18.6 Å². The normalized spacial score (nSPS) is 25.8. The molecule has 0 aromatic rings. The molecule has 2 unspecified atom stereocenters. The average Bonchev–Trinajstić information content (AvgIpc) is 2.52. The summed E-state index contributed by atoms with van der Waals surface area (Å²) in [6.45, 7) is 0. The monoisotopic (exact) mass is 199 g/mol. The summed E-state index contributed by atoms with van der Waals surface area (Å²) in [5.41, 5.74) is 0. The van der Waals surface area contributed by atoms with Crippen LogP contribution in [0.15, 0.2) is 0 Å². The minimum atomic E-state index is -0.775. The van der Waals surface area contributed by atoms with Crippen molar-refractivity contribution in [2.45, 2.75) is 37.8 Å². The average molecular weight is 199 g/mol. The van der Waals surface area contributed by atoms with Crippen molar-refractivity contribution in [3.8, 4) is 0 Å². The third kappa shape index (κ3) is 2.63. The summed E-state index contributed by atoms with van der Waals surface area (Å²) in [6, 6.07) is -0.335.